The molecule has 0 aromatic rings. The molecule has 2 aliphatic rings. The van der Waals surface area contributed by atoms with E-state index in [1.54, 1.807) is 0 Å². The van der Waals surface area contributed by atoms with Crippen molar-refractivity contribution >= 4 is 0 Å². The van der Waals surface area contributed by atoms with Crippen molar-refractivity contribution in [3.05, 3.63) is 12.3 Å². The molecule has 0 atom stereocenters. The third kappa shape index (κ3) is 1.48. The first-order valence-corrected chi connectivity index (χ1v) is 4.97. The Kier molecular flexibility index (Phi) is 2.09. The first-order chi connectivity index (χ1) is 5.81. The highest BCUT2D eigenvalue weighted by Crippen LogP contribution is 2.35. The molecule has 1 spiro atoms. The molecular formula is C10H18N2. The van der Waals surface area contributed by atoms with Crippen molar-refractivity contribution in [3.63, 3.8) is 0 Å². The molecule has 0 radical (unpaired) electrons. The van der Waals surface area contributed by atoms with Crippen molar-refractivity contribution < 1.29 is 0 Å². The van der Waals surface area contributed by atoms with E-state index in [1.807, 2.05) is 0 Å². The van der Waals surface area contributed by atoms with Gasteiger partial charge in [-0.3, -0.25) is 0 Å². The zero-order valence-corrected chi connectivity index (χ0v) is 7.66. The van der Waals surface area contributed by atoms with Crippen molar-refractivity contribution in [2.45, 2.75) is 37.6 Å². The molecule has 0 aromatic heterocycles. The molecule has 1 saturated heterocycles. The molecule has 0 bridgehead atoms. The highest BCUT2D eigenvalue weighted by molar-refractivity contribution is 5.01. The van der Waals surface area contributed by atoms with Gasteiger partial charge in [0.05, 0.1) is 0 Å². The molecule has 1 aliphatic carbocycles. The number of hydrogen-bond acceptors (Lipinski definition) is 2. The Hall–Kier alpha value is -0.500. The van der Waals surface area contributed by atoms with Gasteiger partial charge in [-0.1, -0.05) is 6.58 Å². The van der Waals surface area contributed by atoms with Crippen LogP contribution in [0, 0.1) is 0 Å². The van der Waals surface area contributed by atoms with Crippen LogP contribution < -0.4 is 10.6 Å². The molecule has 2 rings (SSSR count). The fraction of sp³-hybridized carbons (Fsp3) is 0.800. The molecule has 1 aliphatic heterocycles. The topological polar surface area (TPSA) is 24.1 Å². The van der Waals surface area contributed by atoms with Crippen LogP contribution in [0.5, 0.6) is 0 Å². The van der Waals surface area contributed by atoms with Crippen LogP contribution in [0.1, 0.15) is 32.1 Å². The Bertz CT molecular complexity index is 168. The van der Waals surface area contributed by atoms with Gasteiger partial charge < -0.3 is 10.6 Å². The summed E-state index contributed by atoms with van der Waals surface area (Å²) in [5.41, 5.74) is 1.70. The third-order valence-electron chi connectivity index (χ3n) is 3.22. The van der Waals surface area contributed by atoms with E-state index in [4.69, 9.17) is 0 Å². The SMILES string of the molecule is C=C1CCNC2(CCC2)CCN1. The highest BCUT2D eigenvalue weighted by atomic mass is 15.0. The van der Waals surface area contributed by atoms with Crippen LogP contribution in [0.25, 0.3) is 0 Å². The van der Waals surface area contributed by atoms with E-state index in [-0.39, 0.29) is 0 Å². The van der Waals surface area contributed by atoms with Gasteiger partial charge in [-0.2, -0.15) is 0 Å². The molecule has 12 heavy (non-hydrogen) atoms. The molecule has 1 saturated carbocycles. The summed E-state index contributed by atoms with van der Waals surface area (Å²) in [6, 6.07) is 0. The number of nitrogens with one attached hydrogen (secondary N) is 2. The molecular weight excluding hydrogens is 148 g/mol. The number of hydrogen-bond donors (Lipinski definition) is 2. The predicted molar refractivity (Wildman–Crippen MR) is 51.0 cm³/mol. The Labute approximate surface area is 74.4 Å². The summed E-state index contributed by atoms with van der Waals surface area (Å²) in [5, 5.41) is 7.04. The molecule has 2 heteroatoms. The Balaban J connectivity index is 1.89. The number of rotatable bonds is 0. The molecule has 2 N–H and O–H groups in total. The molecule has 0 unspecified atom stereocenters. The molecule has 2 nitrogen and oxygen atoms in total. The maximum absolute atomic E-state index is 3.96. The first-order valence-electron chi connectivity index (χ1n) is 4.97. The van der Waals surface area contributed by atoms with E-state index in [0.29, 0.717) is 5.54 Å². The van der Waals surface area contributed by atoms with Gasteiger partial charge >= 0.3 is 0 Å². The monoisotopic (exact) mass is 166 g/mol. The second-order valence-corrected chi connectivity index (χ2v) is 4.09. The summed E-state index contributed by atoms with van der Waals surface area (Å²) >= 11 is 0. The van der Waals surface area contributed by atoms with Crippen LogP contribution in [-0.2, 0) is 0 Å². The Morgan fingerprint density at radius 1 is 1.17 bits per heavy atom. The summed E-state index contributed by atoms with van der Waals surface area (Å²) in [5.74, 6) is 0. The summed E-state index contributed by atoms with van der Waals surface area (Å²) in [7, 11) is 0. The zero-order chi connectivity index (χ0) is 8.44. The molecule has 0 aromatic carbocycles. The van der Waals surface area contributed by atoms with Crippen molar-refractivity contribution in [2.75, 3.05) is 13.1 Å². The fourth-order valence-electron chi connectivity index (χ4n) is 2.16. The average Bonchev–Trinajstić information content (AvgIpc) is 1.93. The zero-order valence-electron chi connectivity index (χ0n) is 7.66. The summed E-state index contributed by atoms with van der Waals surface area (Å²) in [6.45, 7) is 6.16. The standard InChI is InChI=1S/C10H18N2/c1-9-3-7-12-10(4-2-5-10)6-8-11-9/h11-12H,1-8H2. The second-order valence-electron chi connectivity index (χ2n) is 4.09. The molecule has 0 amide bonds. The van der Waals surface area contributed by atoms with Gasteiger partial charge in [-0.25, -0.2) is 0 Å². The van der Waals surface area contributed by atoms with Crippen LogP contribution in [0.15, 0.2) is 12.3 Å². The van der Waals surface area contributed by atoms with Crippen LogP contribution in [0.4, 0.5) is 0 Å². The van der Waals surface area contributed by atoms with Gasteiger partial charge in [0.1, 0.15) is 0 Å². The van der Waals surface area contributed by atoms with Crippen LogP contribution in [-0.4, -0.2) is 18.6 Å². The maximum atomic E-state index is 3.96. The van der Waals surface area contributed by atoms with Gasteiger partial charge in [-0.05, 0) is 32.1 Å². The van der Waals surface area contributed by atoms with Crippen molar-refractivity contribution in [2.24, 2.45) is 0 Å². The minimum absolute atomic E-state index is 0.508. The van der Waals surface area contributed by atoms with E-state index in [0.717, 1.165) is 19.5 Å². The quantitative estimate of drug-likeness (QED) is 0.568. The smallest absolute Gasteiger partial charge is 0.0198 e. The molecule has 2 fully saturated rings. The lowest BCUT2D eigenvalue weighted by atomic mass is 9.74. The fourth-order valence-corrected chi connectivity index (χ4v) is 2.16. The lowest BCUT2D eigenvalue weighted by molar-refractivity contribution is 0.166. The van der Waals surface area contributed by atoms with E-state index < -0.39 is 0 Å². The van der Waals surface area contributed by atoms with Gasteiger partial charge in [0.2, 0.25) is 0 Å². The van der Waals surface area contributed by atoms with Crippen molar-refractivity contribution in [1.82, 2.24) is 10.6 Å². The first kappa shape index (κ1) is 8.11. The van der Waals surface area contributed by atoms with Gasteiger partial charge in [0, 0.05) is 24.3 Å². The van der Waals surface area contributed by atoms with Crippen LogP contribution in [0.3, 0.4) is 0 Å². The lowest BCUT2D eigenvalue weighted by Gasteiger charge is -2.44. The minimum Gasteiger partial charge on any atom is -0.389 e. The maximum Gasteiger partial charge on any atom is 0.0198 e. The van der Waals surface area contributed by atoms with Crippen molar-refractivity contribution in [1.29, 1.82) is 0 Å². The lowest BCUT2D eigenvalue weighted by Crippen LogP contribution is -2.53. The largest absolute Gasteiger partial charge is 0.389 e. The Morgan fingerprint density at radius 3 is 2.67 bits per heavy atom. The predicted octanol–water partition coefficient (Wildman–Crippen LogP) is 1.40. The van der Waals surface area contributed by atoms with E-state index in [2.05, 4.69) is 17.2 Å². The van der Waals surface area contributed by atoms with Gasteiger partial charge in [0.25, 0.3) is 0 Å². The summed E-state index contributed by atoms with van der Waals surface area (Å²) in [4.78, 5) is 0. The summed E-state index contributed by atoms with van der Waals surface area (Å²) < 4.78 is 0. The van der Waals surface area contributed by atoms with E-state index in [1.165, 1.54) is 31.4 Å². The Morgan fingerprint density at radius 2 is 2.00 bits per heavy atom. The normalized spacial score (nSPS) is 28.5. The highest BCUT2D eigenvalue weighted by Gasteiger charge is 2.36. The van der Waals surface area contributed by atoms with Gasteiger partial charge in [0.15, 0.2) is 0 Å². The average molecular weight is 166 g/mol. The van der Waals surface area contributed by atoms with E-state index >= 15 is 0 Å². The molecule has 1 heterocycles. The van der Waals surface area contributed by atoms with Crippen molar-refractivity contribution in [3.8, 4) is 0 Å². The second kappa shape index (κ2) is 3.09. The molecule has 68 valence electrons. The minimum atomic E-state index is 0.508. The third-order valence-corrected chi connectivity index (χ3v) is 3.22. The van der Waals surface area contributed by atoms with Gasteiger partial charge in [-0.15, -0.1) is 0 Å². The van der Waals surface area contributed by atoms with Crippen LogP contribution in [0.2, 0.25) is 0 Å². The summed E-state index contributed by atoms with van der Waals surface area (Å²) in [6.07, 6.45) is 6.52. The van der Waals surface area contributed by atoms with E-state index in [9.17, 15) is 0 Å². The van der Waals surface area contributed by atoms with Crippen LogP contribution >= 0.6 is 0 Å².